The van der Waals surface area contributed by atoms with Crippen LogP contribution in [0.1, 0.15) is 20.9 Å². The highest BCUT2D eigenvalue weighted by atomic mass is 32.1. The number of furan rings is 1. The third-order valence-corrected chi connectivity index (χ3v) is 5.11. The molecule has 134 valence electrons. The number of aromatic amines is 1. The summed E-state index contributed by atoms with van der Waals surface area (Å²) >= 11 is 0.968. The highest BCUT2D eigenvalue weighted by molar-refractivity contribution is 7.21. The SMILES string of the molecule is C[n+]1[nH]oc(=O)c1C(=O)c1sc2nc(N)c(C#N)c(-c3ccco3)c2c1N. The summed E-state index contributed by atoms with van der Waals surface area (Å²) in [7, 11) is 1.46. The van der Waals surface area contributed by atoms with Gasteiger partial charge in [0.25, 0.3) is 5.78 Å². The first-order valence-electron chi connectivity index (χ1n) is 7.51. The molecule has 4 rings (SSSR count). The maximum atomic E-state index is 12.9. The van der Waals surface area contributed by atoms with Gasteiger partial charge in [0.15, 0.2) is 7.05 Å². The Morgan fingerprint density at radius 1 is 1.44 bits per heavy atom. The summed E-state index contributed by atoms with van der Waals surface area (Å²) in [6.07, 6.45) is 1.44. The van der Waals surface area contributed by atoms with Gasteiger partial charge in [-0.15, -0.1) is 11.3 Å². The fourth-order valence-electron chi connectivity index (χ4n) is 2.81. The van der Waals surface area contributed by atoms with Crippen molar-refractivity contribution in [3.8, 4) is 17.4 Å². The summed E-state index contributed by atoms with van der Waals surface area (Å²) in [6.45, 7) is 0. The van der Waals surface area contributed by atoms with Crippen LogP contribution in [0.15, 0.2) is 32.1 Å². The van der Waals surface area contributed by atoms with E-state index in [-0.39, 0.29) is 27.6 Å². The molecule has 0 amide bonds. The van der Waals surface area contributed by atoms with Crippen LogP contribution < -0.4 is 21.8 Å². The molecule has 4 heterocycles. The van der Waals surface area contributed by atoms with Crippen molar-refractivity contribution in [1.29, 1.82) is 5.26 Å². The summed E-state index contributed by atoms with van der Waals surface area (Å²) in [5, 5.41) is 12.2. The predicted molar refractivity (Wildman–Crippen MR) is 94.8 cm³/mol. The first-order chi connectivity index (χ1) is 12.9. The van der Waals surface area contributed by atoms with Crippen molar-refractivity contribution in [2.24, 2.45) is 7.05 Å². The summed E-state index contributed by atoms with van der Waals surface area (Å²) in [4.78, 5) is 29.3. The van der Waals surface area contributed by atoms with Gasteiger partial charge in [0.1, 0.15) is 32.9 Å². The van der Waals surface area contributed by atoms with Crippen molar-refractivity contribution in [2.45, 2.75) is 0 Å². The molecule has 0 atom stereocenters. The average Bonchev–Trinajstić information content (AvgIpc) is 3.34. The molecule has 0 bridgehead atoms. The van der Waals surface area contributed by atoms with Crippen LogP contribution >= 0.6 is 11.3 Å². The minimum Gasteiger partial charge on any atom is -0.464 e. The molecule has 0 aromatic carbocycles. The molecule has 0 aliphatic carbocycles. The lowest BCUT2D eigenvalue weighted by molar-refractivity contribution is -0.741. The number of ketones is 1. The molecule has 0 saturated heterocycles. The number of carbonyl (C=O) groups excluding carboxylic acids is 1. The van der Waals surface area contributed by atoms with Gasteiger partial charge in [0.05, 0.1) is 17.5 Å². The van der Waals surface area contributed by atoms with Crippen LogP contribution in [-0.2, 0) is 7.05 Å². The number of nitrogens with two attached hydrogens (primary N) is 2. The van der Waals surface area contributed by atoms with Crippen molar-refractivity contribution in [2.75, 3.05) is 11.5 Å². The van der Waals surface area contributed by atoms with Crippen LogP contribution in [0, 0.1) is 11.3 Å². The van der Waals surface area contributed by atoms with E-state index in [1.165, 1.54) is 13.3 Å². The zero-order chi connectivity index (χ0) is 19.3. The normalized spacial score (nSPS) is 11.0. The first-order valence-corrected chi connectivity index (χ1v) is 8.33. The van der Waals surface area contributed by atoms with Crippen LogP contribution in [0.3, 0.4) is 0 Å². The smallest absolute Gasteiger partial charge is 0.438 e. The van der Waals surface area contributed by atoms with E-state index >= 15 is 0 Å². The second-order valence-corrected chi connectivity index (χ2v) is 6.58. The second kappa shape index (κ2) is 5.82. The van der Waals surface area contributed by atoms with Crippen molar-refractivity contribution < 1.29 is 18.4 Å². The fraction of sp³-hybridized carbons (Fsp3) is 0.0625. The number of nitriles is 1. The summed E-state index contributed by atoms with van der Waals surface area (Å²) in [5.41, 5.74) is 11.6. The van der Waals surface area contributed by atoms with E-state index in [1.807, 2.05) is 6.07 Å². The number of thiophene rings is 1. The number of nitrogens with zero attached hydrogens (tertiary/aromatic N) is 3. The molecular weight excluding hydrogens is 372 g/mol. The number of carbonyl (C=O) groups is 1. The third kappa shape index (κ3) is 2.31. The van der Waals surface area contributed by atoms with E-state index in [4.69, 9.17) is 15.9 Å². The van der Waals surface area contributed by atoms with Crippen molar-refractivity contribution in [3.63, 3.8) is 0 Å². The molecule has 0 spiro atoms. The highest BCUT2D eigenvalue weighted by Crippen LogP contribution is 2.43. The number of fused-ring (bicyclic) bond motifs is 1. The predicted octanol–water partition coefficient (Wildman–Crippen LogP) is 0.929. The van der Waals surface area contributed by atoms with Crippen LogP contribution in [0.5, 0.6) is 0 Å². The molecule has 5 N–H and O–H groups in total. The lowest BCUT2D eigenvalue weighted by atomic mass is 10.0. The number of H-pyrrole nitrogens is 1. The monoisotopic (exact) mass is 383 g/mol. The standard InChI is InChI=1S/C16H10N6O4S/c1-22-11(16(24)26-21-22)12(23)13-10(18)9-8(7-3-2-4-25-7)6(5-17)14(19)20-15(9)27-13/h2-4H,1H3,(H4-,18,19,20,21,23,24)/p+1. The van der Waals surface area contributed by atoms with Crippen LogP contribution in [-0.4, -0.2) is 16.0 Å². The molecule has 11 heteroatoms. The minimum atomic E-state index is -0.823. The Kier molecular flexibility index (Phi) is 3.57. The number of anilines is 2. The zero-order valence-electron chi connectivity index (χ0n) is 13.8. The molecule has 27 heavy (non-hydrogen) atoms. The van der Waals surface area contributed by atoms with Crippen LogP contribution in [0.25, 0.3) is 21.5 Å². The molecule has 0 saturated carbocycles. The number of hydrogen-bond donors (Lipinski definition) is 3. The van der Waals surface area contributed by atoms with Gasteiger partial charge >= 0.3 is 11.3 Å². The number of rotatable bonds is 3. The molecule has 0 aliphatic rings. The number of aromatic nitrogens is 3. The summed E-state index contributed by atoms with van der Waals surface area (Å²) < 4.78 is 11.2. The zero-order valence-corrected chi connectivity index (χ0v) is 14.6. The second-order valence-electron chi connectivity index (χ2n) is 5.58. The van der Waals surface area contributed by atoms with Gasteiger partial charge < -0.3 is 15.9 Å². The molecule has 10 nitrogen and oxygen atoms in total. The fourth-order valence-corrected chi connectivity index (χ4v) is 3.87. The van der Waals surface area contributed by atoms with E-state index < -0.39 is 11.4 Å². The van der Waals surface area contributed by atoms with E-state index in [1.54, 1.807) is 12.1 Å². The van der Waals surface area contributed by atoms with E-state index in [0.717, 1.165) is 16.0 Å². The van der Waals surface area contributed by atoms with Gasteiger partial charge in [-0.25, -0.2) is 9.78 Å². The molecule has 0 aliphatic heterocycles. The van der Waals surface area contributed by atoms with Crippen LogP contribution in [0.4, 0.5) is 11.5 Å². The molecule has 0 unspecified atom stereocenters. The third-order valence-electron chi connectivity index (χ3n) is 4.01. The Morgan fingerprint density at radius 2 is 2.22 bits per heavy atom. The maximum Gasteiger partial charge on any atom is 0.438 e. The number of pyridine rings is 1. The Balaban J connectivity index is 2.06. The summed E-state index contributed by atoms with van der Waals surface area (Å²) in [5.74, 6) is -0.278. The van der Waals surface area contributed by atoms with Gasteiger partial charge in [-0.2, -0.15) is 5.26 Å². The van der Waals surface area contributed by atoms with Crippen molar-refractivity contribution in [3.05, 3.63) is 45.0 Å². The van der Waals surface area contributed by atoms with Crippen molar-refractivity contribution in [1.82, 2.24) is 10.3 Å². The van der Waals surface area contributed by atoms with E-state index in [9.17, 15) is 14.9 Å². The topological polar surface area (TPSA) is 169 Å². The minimum absolute atomic E-state index is 0.0108. The number of hydrogen-bond acceptors (Lipinski definition) is 9. The lowest BCUT2D eigenvalue weighted by Gasteiger charge is -2.06. The Bertz CT molecular complexity index is 1310. The Labute approximate surface area is 154 Å². The van der Waals surface area contributed by atoms with Crippen molar-refractivity contribution >= 4 is 38.8 Å². The van der Waals surface area contributed by atoms with Gasteiger partial charge in [-0.3, -0.25) is 9.32 Å². The summed E-state index contributed by atoms with van der Waals surface area (Å²) in [6, 6.07) is 5.30. The Hall–Kier alpha value is -3.91. The highest BCUT2D eigenvalue weighted by Gasteiger charge is 2.33. The molecule has 0 radical (unpaired) electrons. The number of nitrogens with one attached hydrogen (secondary N) is 1. The quantitative estimate of drug-likeness (QED) is 0.346. The Morgan fingerprint density at radius 3 is 2.81 bits per heavy atom. The van der Waals surface area contributed by atoms with E-state index in [0.29, 0.717) is 21.5 Å². The van der Waals surface area contributed by atoms with Gasteiger partial charge in [-0.1, -0.05) is 4.68 Å². The maximum absolute atomic E-state index is 12.9. The molecule has 4 aromatic rings. The molecule has 4 aromatic heterocycles. The lowest BCUT2D eigenvalue weighted by Crippen LogP contribution is -2.39. The number of nitrogen functional groups attached to an aromatic ring is 2. The first kappa shape index (κ1) is 16.6. The van der Waals surface area contributed by atoms with Crippen LogP contribution in [0.2, 0.25) is 0 Å². The average molecular weight is 383 g/mol. The van der Waals surface area contributed by atoms with Gasteiger partial charge in [0.2, 0.25) is 0 Å². The largest absolute Gasteiger partial charge is 0.464 e. The number of aryl methyl sites for hydroxylation is 1. The molecular formula is C16H11N6O4S+. The van der Waals surface area contributed by atoms with E-state index in [2.05, 4.69) is 14.8 Å². The van der Waals surface area contributed by atoms with Gasteiger partial charge in [-0.05, 0) is 17.4 Å². The van der Waals surface area contributed by atoms with Gasteiger partial charge in [0, 0.05) is 5.39 Å². The molecule has 0 fully saturated rings.